The van der Waals surface area contributed by atoms with Crippen molar-refractivity contribution in [1.82, 2.24) is 4.98 Å². The molecule has 1 aromatic heterocycles. The van der Waals surface area contributed by atoms with E-state index < -0.39 is 0 Å². The molecule has 2 aliphatic heterocycles. The fourth-order valence-electron chi connectivity index (χ4n) is 4.16. The second-order valence-electron chi connectivity index (χ2n) is 7.61. The second-order valence-corrected chi connectivity index (χ2v) is 8.53. The van der Waals surface area contributed by atoms with Crippen LogP contribution in [0.5, 0.6) is 0 Å². The quantitative estimate of drug-likeness (QED) is 0.608. The number of benzene rings is 2. The van der Waals surface area contributed by atoms with E-state index >= 15 is 0 Å². The molecule has 0 bridgehead atoms. The first kappa shape index (κ1) is 19.0. The predicted octanol–water partition coefficient (Wildman–Crippen LogP) is 4.49. The van der Waals surface area contributed by atoms with Crippen LogP contribution in [0.1, 0.15) is 18.1 Å². The molecule has 7 heteroatoms. The van der Waals surface area contributed by atoms with Gasteiger partial charge in [-0.25, -0.2) is 0 Å². The van der Waals surface area contributed by atoms with Gasteiger partial charge in [0.15, 0.2) is 0 Å². The lowest BCUT2D eigenvalue weighted by Gasteiger charge is -2.39. The lowest BCUT2D eigenvalue weighted by molar-refractivity contribution is 0.0204. The maximum atomic E-state index is 9.44. The number of morpholine rings is 1. The molecule has 5 rings (SSSR count). The highest BCUT2D eigenvalue weighted by Gasteiger charge is 2.31. The standard InChI is InChI=1S/C23H20BrN5O/c1-14-12-29(20-7-5-15(10-25)22-18(20)3-2-8-26-22)13-21(30-14)23-27-11-16-4-6-17(24)9-19(16)28-23/h2-9,14,21H,11-13H2,1H3,(H,27,28)/t14-,21-/m1/s1. The van der Waals surface area contributed by atoms with E-state index in [1.54, 1.807) is 6.20 Å². The van der Waals surface area contributed by atoms with Gasteiger partial charge in [0.1, 0.15) is 18.0 Å². The summed E-state index contributed by atoms with van der Waals surface area (Å²) in [5.74, 6) is 0.855. The van der Waals surface area contributed by atoms with Crippen LogP contribution < -0.4 is 10.2 Å². The molecule has 0 unspecified atom stereocenters. The number of ether oxygens (including phenoxy) is 1. The van der Waals surface area contributed by atoms with Crippen LogP contribution in [0.15, 0.2) is 58.1 Å². The molecule has 1 saturated heterocycles. The van der Waals surface area contributed by atoms with Gasteiger partial charge in [0.25, 0.3) is 0 Å². The third-order valence-corrected chi connectivity index (χ3v) is 6.02. The largest absolute Gasteiger partial charge is 0.365 e. The molecule has 2 aromatic carbocycles. The highest BCUT2D eigenvalue weighted by molar-refractivity contribution is 9.10. The van der Waals surface area contributed by atoms with Crippen LogP contribution in [0.4, 0.5) is 11.4 Å². The molecule has 0 amide bonds. The van der Waals surface area contributed by atoms with Gasteiger partial charge in [-0.1, -0.05) is 22.0 Å². The number of aliphatic imine (C=N–C) groups is 1. The zero-order valence-corrected chi connectivity index (χ0v) is 18.1. The van der Waals surface area contributed by atoms with Crippen molar-refractivity contribution in [3.05, 3.63) is 64.3 Å². The van der Waals surface area contributed by atoms with Gasteiger partial charge < -0.3 is 15.0 Å². The van der Waals surface area contributed by atoms with Crippen LogP contribution in [-0.2, 0) is 11.3 Å². The minimum absolute atomic E-state index is 0.0412. The predicted molar refractivity (Wildman–Crippen MR) is 122 cm³/mol. The van der Waals surface area contributed by atoms with Crippen molar-refractivity contribution in [2.75, 3.05) is 23.3 Å². The van der Waals surface area contributed by atoms with E-state index in [2.05, 4.69) is 56.3 Å². The Kier molecular flexibility index (Phi) is 4.89. The van der Waals surface area contributed by atoms with Crippen molar-refractivity contribution in [3.8, 4) is 6.07 Å². The van der Waals surface area contributed by atoms with Crippen molar-refractivity contribution in [3.63, 3.8) is 0 Å². The maximum absolute atomic E-state index is 9.44. The molecule has 6 nitrogen and oxygen atoms in total. The summed E-state index contributed by atoms with van der Waals surface area (Å²) in [5, 5.41) is 13.9. The minimum atomic E-state index is -0.164. The Balaban J connectivity index is 1.46. The van der Waals surface area contributed by atoms with E-state index in [4.69, 9.17) is 9.73 Å². The van der Waals surface area contributed by atoms with E-state index in [0.29, 0.717) is 18.7 Å². The molecule has 1 fully saturated rings. The van der Waals surface area contributed by atoms with Gasteiger partial charge in [-0.05, 0) is 48.9 Å². The van der Waals surface area contributed by atoms with Crippen molar-refractivity contribution in [2.24, 2.45) is 4.99 Å². The molecule has 30 heavy (non-hydrogen) atoms. The minimum Gasteiger partial charge on any atom is -0.365 e. The number of amidine groups is 1. The third-order valence-electron chi connectivity index (χ3n) is 5.53. The highest BCUT2D eigenvalue weighted by Crippen LogP contribution is 2.31. The van der Waals surface area contributed by atoms with E-state index in [1.807, 2.05) is 30.3 Å². The normalized spacial score (nSPS) is 20.8. The van der Waals surface area contributed by atoms with E-state index in [1.165, 1.54) is 5.56 Å². The van der Waals surface area contributed by atoms with E-state index in [0.717, 1.165) is 39.1 Å². The Morgan fingerprint density at radius 3 is 3.00 bits per heavy atom. The summed E-state index contributed by atoms with van der Waals surface area (Å²) in [6, 6.07) is 16.2. The molecule has 3 heterocycles. The van der Waals surface area contributed by atoms with Crippen molar-refractivity contribution >= 4 is 44.0 Å². The van der Waals surface area contributed by atoms with Gasteiger partial charge in [-0.2, -0.15) is 5.26 Å². The third kappa shape index (κ3) is 3.42. The summed E-state index contributed by atoms with van der Waals surface area (Å²) < 4.78 is 7.30. The molecule has 3 aromatic rings. The molecular weight excluding hydrogens is 442 g/mol. The Morgan fingerprint density at radius 2 is 2.13 bits per heavy atom. The number of fused-ring (bicyclic) bond motifs is 2. The van der Waals surface area contributed by atoms with Gasteiger partial charge in [0, 0.05) is 34.0 Å². The van der Waals surface area contributed by atoms with Gasteiger partial charge in [0.2, 0.25) is 0 Å². The average molecular weight is 462 g/mol. The van der Waals surface area contributed by atoms with Crippen LogP contribution in [0.25, 0.3) is 10.9 Å². The number of rotatable bonds is 2. The van der Waals surface area contributed by atoms with Crippen molar-refractivity contribution in [1.29, 1.82) is 5.26 Å². The fraction of sp³-hybridized carbons (Fsp3) is 0.261. The average Bonchev–Trinajstić information content (AvgIpc) is 2.77. The molecule has 2 aliphatic rings. The zero-order chi connectivity index (χ0) is 20.7. The zero-order valence-electron chi connectivity index (χ0n) is 16.5. The number of pyridine rings is 1. The van der Waals surface area contributed by atoms with Gasteiger partial charge in [-0.15, -0.1) is 0 Å². The number of nitrogens with one attached hydrogen (secondary N) is 1. The number of nitrogens with zero attached hydrogens (tertiary/aromatic N) is 4. The highest BCUT2D eigenvalue weighted by atomic mass is 79.9. The van der Waals surface area contributed by atoms with Crippen LogP contribution in [0, 0.1) is 11.3 Å². The maximum Gasteiger partial charge on any atom is 0.133 e. The first-order chi connectivity index (χ1) is 14.6. The molecule has 2 atom stereocenters. The van der Waals surface area contributed by atoms with E-state index in [-0.39, 0.29) is 12.2 Å². The summed E-state index contributed by atoms with van der Waals surface area (Å²) in [6.07, 6.45) is 1.61. The second kappa shape index (κ2) is 7.71. The Bertz CT molecular complexity index is 1200. The summed E-state index contributed by atoms with van der Waals surface area (Å²) in [6.45, 7) is 4.16. The Hall–Kier alpha value is -2.95. The van der Waals surface area contributed by atoms with Gasteiger partial charge >= 0.3 is 0 Å². The van der Waals surface area contributed by atoms with Crippen molar-refractivity contribution < 1.29 is 4.74 Å². The summed E-state index contributed by atoms with van der Waals surface area (Å²) >= 11 is 3.54. The van der Waals surface area contributed by atoms with Crippen LogP contribution in [-0.4, -0.2) is 36.1 Å². The summed E-state index contributed by atoms with van der Waals surface area (Å²) in [7, 11) is 0. The van der Waals surface area contributed by atoms with Gasteiger partial charge in [-0.3, -0.25) is 9.98 Å². The molecule has 150 valence electrons. The number of hydrogen-bond acceptors (Lipinski definition) is 6. The number of anilines is 2. The SMILES string of the molecule is C[C@@H]1CN(c2ccc(C#N)c3ncccc23)C[C@H](C2=NCc3ccc(Br)cc3N2)O1. The van der Waals surface area contributed by atoms with Crippen LogP contribution in [0.2, 0.25) is 0 Å². The number of halogens is 1. The topological polar surface area (TPSA) is 73.5 Å². The summed E-state index contributed by atoms with van der Waals surface area (Å²) in [5.41, 5.74) is 4.63. The monoisotopic (exact) mass is 461 g/mol. The van der Waals surface area contributed by atoms with Gasteiger partial charge in [0.05, 0.1) is 30.3 Å². The molecule has 1 N–H and O–H groups in total. The molecule has 0 aliphatic carbocycles. The molecular formula is C23H20BrN5O. The Morgan fingerprint density at radius 1 is 1.23 bits per heavy atom. The molecule has 0 spiro atoms. The van der Waals surface area contributed by atoms with Crippen LogP contribution in [0.3, 0.4) is 0 Å². The van der Waals surface area contributed by atoms with Crippen molar-refractivity contribution in [2.45, 2.75) is 25.7 Å². The van der Waals surface area contributed by atoms with Crippen LogP contribution >= 0.6 is 15.9 Å². The lowest BCUT2D eigenvalue weighted by atomic mass is 10.1. The lowest BCUT2D eigenvalue weighted by Crippen LogP contribution is -2.51. The molecule has 0 radical (unpaired) electrons. The number of nitriles is 1. The van der Waals surface area contributed by atoms with E-state index in [9.17, 15) is 5.26 Å². The first-order valence-electron chi connectivity index (χ1n) is 9.90. The Labute approximate surface area is 183 Å². The molecule has 0 saturated carbocycles. The smallest absolute Gasteiger partial charge is 0.133 e. The summed E-state index contributed by atoms with van der Waals surface area (Å²) in [4.78, 5) is 11.5. The first-order valence-corrected chi connectivity index (χ1v) is 10.7. The number of aromatic nitrogens is 1. The number of hydrogen-bond donors (Lipinski definition) is 1. The fourth-order valence-corrected chi connectivity index (χ4v) is 4.52.